The lowest BCUT2D eigenvalue weighted by Crippen LogP contribution is -2.41. The van der Waals surface area contributed by atoms with Gasteiger partial charge in [0.1, 0.15) is 5.71 Å². The quantitative estimate of drug-likeness (QED) is 0.838. The van der Waals surface area contributed by atoms with Crippen molar-refractivity contribution < 1.29 is 14.1 Å². The Kier molecular flexibility index (Phi) is 4.64. The van der Waals surface area contributed by atoms with E-state index >= 15 is 0 Å². The maximum absolute atomic E-state index is 12.9. The van der Waals surface area contributed by atoms with Gasteiger partial charge in [0.15, 0.2) is 5.82 Å². The summed E-state index contributed by atoms with van der Waals surface area (Å²) in [7, 11) is 0. The van der Waals surface area contributed by atoms with Crippen molar-refractivity contribution in [3.8, 4) is 0 Å². The van der Waals surface area contributed by atoms with Crippen LogP contribution < -0.4 is 0 Å². The standard InChI is InChI=1S/C16H23N5O3/c1-4-21-13(22)8-7-11(18-21)16(23)20-9-5-6-12(20)14-17-15(10(2)3)24-19-14/h10,12H,4-9H2,1-3H3. The number of hydrazone groups is 1. The molecular formula is C16H23N5O3. The van der Waals surface area contributed by atoms with E-state index in [4.69, 9.17) is 4.52 Å². The molecule has 2 aliphatic heterocycles. The lowest BCUT2D eigenvalue weighted by Gasteiger charge is -2.26. The summed E-state index contributed by atoms with van der Waals surface area (Å²) in [5, 5.41) is 9.66. The Labute approximate surface area is 140 Å². The first-order valence-electron chi connectivity index (χ1n) is 8.53. The largest absolute Gasteiger partial charge is 0.339 e. The molecule has 2 aliphatic rings. The monoisotopic (exact) mass is 333 g/mol. The van der Waals surface area contributed by atoms with Gasteiger partial charge in [0.2, 0.25) is 11.8 Å². The summed E-state index contributed by atoms with van der Waals surface area (Å²) >= 11 is 0. The number of carbonyl (C=O) groups excluding carboxylic acids is 2. The molecule has 0 aromatic carbocycles. The molecule has 1 aromatic heterocycles. The zero-order valence-electron chi connectivity index (χ0n) is 14.4. The summed E-state index contributed by atoms with van der Waals surface area (Å²) in [5.74, 6) is 1.14. The van der Waals surface area contributed by atoms with Gasteiger partial charge < -0.3 is 9.42 Å². The molecule has 3 heterocycles. The maximum atomic E-state index is 12.9. The third-order valence-electron chi connectivity index (χ3n) is 4.41. The topological polar surface area (TPSA) is 91.9 Å². The fourth-order valence-electron chi connectivity index (χ4n) is 3.06. The molecule has 8 heteroatoms. The zero-order chi connectivity index (χ0) is 17.3. The highest BCUT2D eigenvalue weighted by molar-refractivity contribution is 6.39. The van der Waals surface area contributed by atoms with Gasteiger partial charge in [-0.1, -0.05) is 19.0 Å². The molecule has 0 spiro atoms. The van der Waals surface area contributed by atoms with Gasteiger partial charge in [-0.15, -0.1) is 0 Å². The Morgan fingerprint density at radius 2 is 2.17 bits per heavy atom. The van der Waals surface area contributed by atoms with Crippen LogP contribution in [0, 0.1) is 0 Å². The average Bonchev–Trinajstić information content (AvgIpc) is 3.23. The molecule has 1 saturated heterocycles. The van der Waals surface area contributed by atoms with Gasteiger partial charge in [0, 0.05) is 31.8 Å². The first-order valence-corrected chi connectivity index (χ1v) is 8.53. The molecule has 1 aromatic rings. The molecule has 0 bridgehead atoms. The third kappa shape index (κ3) is 3.05. The summed E-state index contributed by atoms with van der Waals surface area (Å²) in [4.78, 5) is 30.8. The molecule has 0 N–H and O–H groups in total. The van der Waals surface area contributed by atoms with Gasteiger partial charge in [-0.25, -0.2) is 5.01 Å². The number of nitrogens with zero attached hydrogens (tertiary/aromatic N) is 5. The molecule has 24 heavy (non-hydrogen) atoms. The van der Waals surface area contributed by atoms with E-state index in [-0.39, 0.29) is 23.8 Å². The van der Waals surface area contributed by atoms with Crippen LogP contribution in [0.2, 0.25) is 0 Å². The smallest absolute Gasteiger partial charge is 0.270 e. The second kappa shape index (κ2) is 6.70. The van der Waals surface area contributed by atoms with Crippen LogP contribution in [-0.2, 0) is 9.59 Å². The van der Waals surface area contributed by atoms with Gasteiger partial charge in [0.05, 0.1) is 6.04 Å². The van der Waals surface area contributed by atoms with E-state index < -0.39 is 0 Å². The molecule has 1 unspecified atom stereocenters. The van der Waals surface area contributed by atoms with Crippen LogP contribution in [0.1, 0.15) is 70.1 Å². The second-order valence-corrected chi connectivity index (χ2v) is 6.46. The number of likely N-dealkylation sites (tertiary alicyclic amines) is 1. The highest BCUT2D eigenvalue weighted by atomic mass is 16.5. The Morgan fingerprint density at radius 3 is 2.83 bits per heavy atom. The lowest BCUT2D eigenvalue weighted by atomic mass is 10.1. The Morgan fingerprint density at radius 1 is 1.38 bits per heavy atom. The minimum absolute atomic E-state index is 0.0354. The molecule has 3 rings (SSSR count). The fraction of sp³-hybridized carbons (Fsp3) is 0.688. The van der Waals surface area contributed by atoms with E-state index in [1.54, 1.807) is 4.90 Å². The molecule has 0 saturated carbocycles. The first kappa shape index (κ1) is 16.6. The maximum Gasteiger partial charge on any atom is 0.270 e. The van der Waals surface area contributed by atoms with E-state index in [9.17, 15) is 9.59 Å². The van der Waals surface area contributed by atoms with Crippen molar-refractivity contribution in [3.63, 3.8) is 0 Å². The van der Waals surface area contributed by atoms with Crippen LogP contribution in [0.4, 0.5) is 0 Å². The average molecular weight is 333 g/mol. The van der Waals surface area contributed by atoms with Gasteiger partial charge >= 0.3 is 0 Å². The van der Waals surface area contributed by atoms with E-state index in [0.717, 1.165) is 12.8 Å². The van der Waals surface area contributed by atoms with Crippen LogP contribution >= 0.6 is 0 Å². The molecule has 0 radical (unpaired) electrons. The fourth-order valence-corrected chi connectivity index (χ4v) is 3.06. The number of carbonyl (C=O) groups is 2. The lowest BCUT2D eigenvalue weighted by molar-refractivity contribution is -0.132. The molecule has 1 atom stereocenters. The number of rotatable bonds is 4. The van der Waals surface area contributed by atoms with Crippen LogP contribution in [0.3, 0.4) is 0 Å². The molecule has 2 amide bonds. The Bertz CT molecular complexity index is 666. The van der Waals surface area contributed by atoms with Gasteiger partial charge in [-0.2, -0.15) is 10.1 Å². The first-order chi connectivity index (χ1) is 11.5. The van der Waals surface area contributed by atoms with Crippen LogP contribution in [0.25, 0.3) is 0 Å². The van der Waals surface area contributed by atoms with Crippen molar-refractivity contribution in [2.24, 2.45) is 5.10 Å². The summed E-state index contributed by atoms with van der Waals surface area (Å²) in [6, 6.07) is -0.177. The number of hydrogen-bond donors (Lipinski definition) is 0. The van der Waals surface area contributed by atoms with Gasteiger partial charge in [-0.05, 0) is 19.8 Å². The summed E-state index contributed by atoms with van der Waals surface area (Å²) in [5.41, 5.74) is 0.441. The van der Waals surface area contributed by atoms with E-state index in [1.807, 2.05) is 20.8 Å². The zero-order valence-corrected chi connectivity index (χ0v) is 14.4. The minimum atomic E-state index is -0.177. The minimum Gasteiger partial charge on any atom is -0.339 e. The summed E-state index contributed by atoms with van der Waals surface area (Å²) in [6.45, 7) is 6.94. The van der Waals surface area contributed by atoms with Gasteiger partial charge in [-0.3, -0.25) is 9.59 Å². The predicted octanol–water partition coefficient (Wildman–Crippen LogP) is 1.85. The normalized spacial score (nSPS) is 21.6. The summed E-state index contributed by atoms with van der Waals surface area (Å²) < 4.78 is 5.28. The van der Waals surface area contributed by atoms with Crippen molar-refractivity contribution in [2.45, 2.75) is 58.4 Å². The van der Waals surface area contributed by atoms with Crippen molar-refractivity contribution >= 4 is 17.5 Å². The SMILES string of the molecule is CCN1N=C(C(=O)N2CCCC2c2noc(C(C)C)n2)CCC1=O. The van der Waals surface area contributed by atoms with Crippen LogP contribution in [0.15, 0.2) is 9.62 Å². The molecule has 1 fully saturated rings. The predicted molar refractivity (Wildman–Crippen MR) is 86.1 cm³/mol. The van der Waals surface area contributed by atoms with Crippen molar-refractivity contribution in [1.29, 1.82) is 0 Å². The van der Waals surface area contributed by atoms with Crippen LogP contribution in [-0.4, -0.2) is 50.7 Å². The van der Waals surface area contributed by atoms with Crippen molar-refractivity contribution in [1.82, 2.24) is 20.0 Å². The van der Waals surface area contributed by atoms with Crippen molar-refractivity contribution in [3.05, 3.63) is 11.7 Å². The molecule has 0 aliphatic carbocycles. The number of aromatic nitrogens is 2. The Hall–Kier alpha value is -2.25. The molecule has 8 nitrogen and oxygen atoms in total. The van der Waals surface area contributed by atoms with Crippen molar-refractivity contribution in [2.75, 3.05) is 13.1 Å². The second-order valence-electron chi connectivity index (χ2n) is 6.46. The molecule has 130 valence electrons. The molecular weight excluding hydrogens is 310 g/mol. The highest BCUT2D eigenvalue weighted by Crippen LogP contribution is 2.31. The number of hydrogen-bond acceptors (Lipinski definition) is 6. The number of amides is 2. The van der Waals surface area contributed by atoms with E-state index in [2.05, 4.69) is 15.2 Å². The highest BCUT2D eigenvalue weighted by Gasteiger charge is 2.36. The Balaban J connectivity index is 1.79. The van der Waals surface area contributed by atoms with E-state index in [1.165, 1.54) is 5.01 Å². The van der Waals surface area contributed by atoms with Crippen LogP contribution in [0.5, 0.6) is 0 Å². The van der Waals surface area contributed by atoms with E-state index in [0.29, 0.717) is 43.4 Å². The third-order valence-corrected chi connectivity index (χ3v) is 4.41. The summed E-state index contributed by atoms with van der Waals surface area (Å²) in [6.07, 6.45) is 2.43. The van der Waals surface area contributed by atoms with Gasteiger partial charge in [0.25, 0.3) is 5.91 Å².